The van der Waals surface area contributed by atoms with E-state index in [-0.39, 0.29) is 12.1 Å². The lowest BCUT2D eigenvalue weighted by Gasteiger charge is -2.27. The van der Waals surface area contributed by atoms with E-state index in [2.05, 4.69) is 16.0 Å². The van der Waals surface area contributed by atoms with Crippen molar-refractivity contribution in [1.82, 2.24) is 5.32 Å². The number of carbonyl (C=O) groups excluding carboxylic acids is 2. The first-order valence-electron chi connectivity index (χ1n) is 7.51. The fourth-order valence-corrected chi connectivity index (χ4v) is 2.42. The lowest BCUT2D eigenvalue weighted by molar-refractivity contribution is 0.243. The van der Waals surface area contributed by atoms with E-state index in [9.17, 15) is 9.59 Å². The van der Waals surface area contributed by atoms with Crippen molar-refractivity contribution < 1.29 is 9.59 Å². The number of carbonyl (C=O) groups is 2. The molecule has 2 aromatic rings. The third-order valence-corrected chi connectivity index (χ3v) is 3.55. The second-order valence-electron chi connectivity index (χ2n) is 5.23. The van der Waals surface area contributed by atoms with E-state index in [0.717, 1.165) is 17.8 Å². The summed E-state index contributed by atoms with van der Waals surface area (Å²) in [5, 5.41) is 8.33. The molecule has 0 aromatic heterocycles. The monoisotopic (exact) mass is 310 g/mol. The summed E-state index contributed by atoms with van der Waals surface area (Å²) < 4.78 is 0. The molecular formula is C17H18N4O2. The molecule has 118 valence electrons. The van der Waals surface area contributed by atoms with Gasteiger partial charge in [-0.3, -0.25) is 4.90 Å². The number of rotatable bonds is 3. The maximum atomic E-state index is 11.9. The van der Waals surface area contributed by atoms with Crippen molar-refractivity contribution in [2.24, 2.45) is 0 Å². The van der Waals surface area contributed by atoms with E-state index in [1.54, 1.807) is 17.0 Å². The van der Waals surface area contributed by atoms with Gasteiger partial charge in [-0.2, -0.15) is 0 Å². The number of nitrogens with one attached hydrogen (secondary N) is 3. The molecule has 1 aliphatic rings. The normalized spacial score (nSPS) is 14.1. The summed E-state index contributed by atoms with van der Waals surface area (Å²) in [6.45, 7) is 1.42. The highest BCUT2D eigenvalue weighted by Gasteiger charge is 2.18. The van der Waals surface area contributed by atoms with Crippen LogP contribution in [0, 0.1) is 0 Å². The largest absolute Gasteiger partial charge is 0.338 e. The Kier molecular flexibility index (Phi) is 4.42. The van der Waals surface area contributed by atoms with Crippen LogP contribution in [0.15, 0.2) is 54.6 Å². The topological polar surface area (TPSA) is 73.5 Å². The second-order valence-corrected chi connectivity index (χ2v) is 5.23. The van der Waals surface area contributed by atoms with E-state index in [0.29, 0.717) is 18.8 Å². The molecule has 2 aromatic carbocycles. The van der Waals surface area contributed by atoms with Crippen LogP contribution in [0.4, 0.5) is 26.7 Å². The third-order valence-electron chi connectivity index (χ3n) is 3.55. The number of hydrogen-bond donors (Lipinski definition) is 3. The average Bonchev–Trinajstić information content (AvgIpc) is 2.57. The van der Waals surface area contributed by atoms with Crippen molar-refractivity contribution in [3.8, 4) is 0 Å². The third kappa shape index (κ3) is 3.79. The van der Waals surface area contributed by atoms with Crippen molar-refractivity contribution in [2.45, 2.75) is 6.42 Å². The Hall–Kier alpha value is -3.02. The zero-order chi connectivity index (χ0) is 16.1. The molecule has 4 amide bonds. The van der Waals surface area contributed by atoms with Gasteiger partial charge in [-0.05, 0) is 42.8 Å². The van der Waals surface area contributed by atoms with Crippen LogP contribution in [0.3, 0.4) is 0 Å². The van der Waals surface area contributed by atoms with Crippen molar-refractivity contribution in [1.29, 1.82) is 0 Å². The van der Waals surface area contributed by atoms with Crippen LogP contribution in [-0.2, 0) is 0 Å². The van der Waals surface area contributed by atoms with Gasteiger partial charge in [0, 0.05) is 30.2 Å². The molecule has 0 spiro atoms. The lowest BCUT2D eigenvalue weighted by atomic mass is 10.2. The van der Waals surface area contributed by atoms with Gasteiger partial charge in [0.05, 0.1) is 0 Å². The SMILES string of the molecule is O=C(Nc1ccccc1)Nc1ccc(N2CCCNC2=O)cc1. The predicted molar refractivity (Wildman–Crippen MR) is 90.9 cm³/mol. The standard InChI is InChI=1S/C17H18N4O2/c22-16(19-13-5-2-1-3-6-13)20-14-7-9-15(10-8-14)21-12-4-11-18-17(21)23/h1-3,5-10H,4,11-12H2,(H,18,23)(H2,19,20,22). The lowest BCUT2D eigenvalue weighted by Crippen LogP contribution is -2.46. The number of para-hydroxylation sites is 1. The highest BCUT2D eigenvalue weighted by molar-refractivity contribution is 6.00. The molecular weight excluding hydrogens is 292 g/mol. The van der Waals surface area contributed by atoms with Crippen LogP contribution in [-0.4, -0.2) is 25.2 Å². The van der Waals surface area contributed by atoms with Gasteiger partial charge < -0.3 is 16.0 Å². The highest BCUT2D eigenvalue weighted by atomic mass is 16.2. The van der Waals surface area contributed by atoms with Crippen LogP contribution >= 0.6 is 0 Å². The fourth-order valence-electron chi connectivity index (χ4n) is 2.42. The summed E-state index contributed by atoms with van der Waals surface area (Å²) in [7, 11) is 0. The van der Waals surface area contributed by atoms with Gasteiger partial charge in [-0.25, -0.2) is 9.59 Å². The summed E-state index contributed by atoms with van der Waals surface area (Å²) in [4.78, 5) is 25.4. The van der Waals surface area contributed by atoms with Gasteiger partial charge in [0.15, 0.2) is 0 Å². The van der Waals surface area contributed by atoms with E-state index in [1.807, 2.05) is 42.5 Å². The summed E-state index contributed by atoms with van der Waals surface area (Å²) in [6.07, 6.45) is 0.922. The minimum atomic E-state index is -0.306. The number of hydrogen-bond acceptors (Lipinski definition) is 2. The second kappa shape index (κ2) is 6.83. The molecule has 0 bridgehead atoms. The summed E-state index contributed by atoms with van der Waals surface area (Å²) >= 11 is 0. The number of urea groups is 2. The van der Waals surface area contributed by atoms with Crippen LogP contribution in [0.5, 0.6) is 0 Å². The molecule has 0 radical (unpaired) electrons. The summed E-state index contributed by atoms with van der Waals surface area (Å²) in [5.74, 6) is 0. The smallest absolute Gasteiger partial charge is 0.323 e. The van der Waals surface area contributed by atoms with E-state index in [4.69, 9.17) is 0 Å². The molecule has 3 N–H and O–H groups in total. The van der Waals surface area contributed by atoms with E-state index in [1.165, 1.54) is 0 Å². The molecule has 1 heterocycles. The van der Waals surface area contributed by atoms with Crippen molar-refractivity contribution in [3.63, 3.8) is 0 Å². The predicted octanol–water partition coefficient (Wildman–Crippen LogP) is 3.25. The van der Waals surface area contributed by atoms with Crippen LogP contribution in [0.1, 0.15) is 6.42 Å². The first-order chi connectivity index (χ1) is 11.2. The highest BCUT2D eigenvalue weighted by Crippen LogP contribution is 2.20. The Balaban J connectivity index is 1.61. The maximum Gasteiger partial charge on any atom is 0.323 e. The minimum Gasteiger partial charge on any atom is -0.338 e. The maximum absolute atomic E-state index is 11.9. The van der Waals surface area contributed by atoms with Gasteiger partial charge in [0.25, 0.3) is 0 Å². The first kappa shape index (κ1) is 14.9. The van der Waals surface area contributed by atoms with Crippen LogP contribution in [0.25, 0.3) is 0 Å². The Morgan fingerprint density at radius 3 is 2.26 bits per heavy atom. The molecule has 1 saturated heterocycles. The van der Waals surface area contributed by atoms with E-state index >= 15 is 0 Å². The zero-order valence-electron chi connectivity index (χ0n) is 12.6. The summed E-state index contributed by atoms with van der Waals surface area (Å²) in [6, 6.07) is 16.0. The van der Waals surface area contributed by atoms with Gasteiger partial charge >= 0.3 is 12.1 Å². The van der Waals surface area contributed by atoms with Crippen molar-refractivity contribution >= 4 is 29.1 Å². The van der Waals surface area contributed by atoms with Gasteiger partial charge in [0.2, 0.25) is 0 Å². The Labute approximate surface area is 134 Å². The fraction of sp³-hybridized carbons (Fsp3) is 0.176. The zero-order valence-corrected chi connectivity index (χ0v) is 12.6. The van der Waals surface area contributed by atoms with Crippen LogP contribution < -0.4 is 20.9 Å². The Bertz CT molecular complexity index is 685. The first-order valence-corrected chi connectivity index (χ1v) is 7.51. The van der Waals surface area contributed by atoms with Gasteiger partial charge in [-0.15, -0.1) is 0 Å². The van der Waals surface area contributed by atoms with Crippen molar-refractivity contribution in [3.05, 3.63) is 54.6 Å². The Morgan fingerprint density at radius 1 is 0.957 bits per heavy atom. The molecule has 0 unspecified atom stereocenters. The number of nitrogens with zero attached hydrogens (tertiary/aromatic N) is 1. The number of benzene rings is 2. The number of anilines is 3. The van der Waals surface area contributed by atoms with Crippen LogP contribution in [0.2, 0.25) is 0 Å². The average molecular weight is 310 g/mol. The van der Waals surface area contributed by atoms with Crippen molar-refractivity contribution in [2.75, 3.05) is 28.6 Å². The molecule has 6 nitrogen and oxygen atoms in total. The van der Waals surface area contributed by atoms with Gasteiger partial charge in [-0.1, -0.05) is 18.2 Å². The van der Waals surface area contributed by atoms with E-state index < -0.39 is 0 Å². The molecule has 0 aliphatic carbocycles. The Morgan fingerprint density at radius 2 is 1.61 bits per heavy atom. The molecule has 0 saturated carbocycles. The molecule has 1 aliphatic heterocycles. The quantitative estimate of drug-likeness (QED) is 0.814. The molecule has 6 heteroatoms. The minimum absolute atomic E-state index is 0.0845. The summed E-state index contributed by atoms with van der Waals surface area (Å²) in [5.41, 5.74) is 2.21. The molecule has 1 fully saturated rings. The molecule has 0 atom stereocenters. The van der Waals surface area contributed by atoms with Gasteiger partial charge in [0.1, 0.15) is 0 Å². The number of amides is 4. The molecule has 23 heavy (non-hydrogen) atoms. The molecule has 3 rings (SSSR count).